The van der Waals surface area contributed by atoms with Crippen molar-refractivity contribution in [3.05, 3.63) is 6.92 Å². The van der Waals surface area contributed by atoms with Gasteiger partial charge < -0.3 is 12.7 Å². The van der Waals surface area contributed by atoms with Crippen molar-refractivity contribution in [1.82, 2.24) is 0 Å². The monoisotopic (exact) mass is 234 g/mol. The molecule has 0 aromatic heterocycles. The van der Waals surface area contributed by atoms with E-state index in [-0.39, 0.29) is 20.4 Å². The average Bonchev–Trinajstić information content (AvgIpc) is 1.89. The molecular formula is C8H18NPd-. The number of unbranched alkanes of at least 4 members (excludes halogenated alkanes) is 5. The molecule has 2 N–H and O–H groups in total. The molecule has 0 atom stereocenters. The predicted molar refractivity (Wildman–Crippen MR) is 42.1 cm³/mol. The van der Waals surface area contributed by atoms with Crippen molar-refractivity contribution in [2.24, 2.45) is 5.73 Å². The van der Waals surface area contributed by atoms with Gasteiger partial charge in [0.1, 0.15) is 0 Å². The zero-order valence-corrected chi connectivity index (χ0v) is 8.11. The smallest absolute Gasteiger partial charge is 0 e. The molecule has 10 heavy (non-hydrogen) atoms. The van der Waals surface area contributed by atoms with Crippen molar-refractivity contribution in [3.8, 4) is 0 Å². The second-order valence-corrected chi connectivity index (χ2v) is 2.41. The molecule has 0 saturated carbocycles. The van der Waals surface area contributed by atoms with Gasteiger partial charge in [0.15, 0.2) is 0 Å². The third-order valence-corrected chi connectivity index (χ3v) is 1.45. The van der Waals surface area contributed by atoms with Gasteiger partial charge in [-0.3, -0.25) is 0 Å². The molecule has 0 rings (SSSR count). The molecule has 0 aromatic rings. The Morgan fingerprint density at radius 3 is 1.90 bits per heavy atom. The van der Waals surface area contributed by atoms with Gasteiger partial charge in [0.25, 0.3) is 0 Å². The Morgan fingerprint density at radius 1 is 0.900 bits per heavy atom. The van der Waals surface area contributed by atoms with Crippen molar-refractivity contribution in [3.63, 3.8) is 0 Å². The van der Waals surface area contributed by atoms with Crippen LogP contribution in [0, 0.1) is 6.92 Å². The number of hydrogen-bond acceptors (Lipinski definition) is 1. The summed E-state index contributed by atoms with van der Waals surface area (Å²) >= 11 is 0. The quantitative estimate of drug-likeness (QED) is 0.425. The number of hydrogen-bond donors (Lipinski definition) is 1. The van der Waals surface area contributed by atoms with E-state index >= 15 is 0 Å². The van der Waals surface area contributed by atoms with E-state index in [0.717, 1.165) is 13.0 Å². The fourth-order valence-electron chi connectivity index (χ4n) is 0.851. The summed E-state index contributed by atoms with van der Waals surface area (Å²) in [4.78, 5) is 0. The van der Waals surface area contributed by atoms with E-state index < -0.39 is 0 Å². The molecule has 0 spiro atoms. The van der Waals surface area contributed by atoms with Crippen LogP contribution < -0.4 is 5.73 Å². The first kappa shape index (κ1) is 13.2. The summed E-state index contributed by atoms with van der Waals surface area (Å²) in [7, 11) is 0. The van der Waals surface area contributed by atoms with E-state index in [9.17, 15) is 0 Å². The molecule has 0 unspecified atom stereocenters. The molecule has 0 aliphatic rings. The summed E-state index contributed by atoms with van der Waals surface area (Å²) in [5.41, 5.74) is 5.33. The van der Waals surface area contributed by atoms with E-state index in [0.29, 0.717) is 0 Å². The standard InChI is InChI=1S/C8H18N.Pd/c1-2-3-4-5-6-7-8-9;/h1-9H2;/q-1;. The van der Waals surface area contributed by atoms with Crippen LogP contribution in [0.5, 0.6) is 0 Å². The zero-order valence-electron chi connectivity index (χ0n) is 6.55. The molecule has 0 saturated heterocycles. The SMILES string of the molecule is [CH2-]CCCCCCCN.[Pd]. The minimum Gasteiger partial charge on any atom is -0.343 e. The van der Waals surface area contributed by atoms with Crippen LogP contribution in [0.2, 0.25) is 0 Å². The van der Waals surface area contributed by atoms with Gasteiger partial charge in [-0.15, -0.1) is 0 Å². The van der Waals surface area contributed by atoms with E-state index in [2.05, 4.69) is 6.92 Å². The molecule has 66 valence electrons. The van der Waals surface area contributed by atoms with Crippen LogP contribution in [-0.4, -0.2) is 6.54 Å². The maximum Gasteiger partial charge on any atom is 0 e. The van der Waals surface area contributed by atoms with Crippen LogP contribution in [0.3, 0.4) is 0 Å². The van der Waals surface area contributed by atoms with Crippen molar-refractivity contribution in [2.45, 2.75) is 38.5 Å². The van der Waals surface area contributed by atoms with Crippen LogP contribution in [0.4, 0.5) is 0 Å². The first-order chi connectivity index (χ1) is 4.41. The van der Waals surface area contributed by atoms with Gasteiger partial charge in [0.05, 0.1) is 0 Å². The Morgan fingerprint density at radius 2 is 1.40 bits per heavy atom. The van der Waals surface area contributed by atoms with Gasteiger partial charge in [-0.25, -0.2) is 0 Å². The minimum atomic E-state index is 0. The van der Waals surface area contributed by atoms with Gasteiger partial charge in [-0.1, -0.05) is 25.7 Å². The van der Waals surface area contributed by atoms with Crippen LogP contribution >= 0.6 is 0 Å². The molecule has 0 bridgehead atoms. The Balaban J connectivity index is 0. The van der Waals surface area contributed by atoms with Crippen molar-refractivity contribution in [1.29, 1.82) is 0 Å². The van der Waals surface area contributed by atoms with E-state index in [1.165, 1.54) is 32.1 Å². The van der Waals surface area contributed by atoms with Crippen LogP contribution in [0.1, 0.15) is 38.5 Å². The maximum atomic E-state index is 5.33. The second-order valence-electron chi connectivity index (χ2n) is 2.41. The second kappa shape index (κ2) is 12.3. The molecule has 0 aliphatic carbocycles. The van der Waals surface area contributed by atoms with Crippen molar-refractivity contribution in [2.75, 3.05) is 6.54 Å². The summed E-state index contributed by atoms with van der Waals surface area (Å²) in [6, 6.07) is 0. The molecule has 0 amide bonds. The number of nitrogens with two attached hydrogens (primary N) is 1. The molecule has 2 heteroatoms. The largest absolute Gasteiger partial charge is 0.343 e. The van der Waals surface area contributed by atoms with Crippen molar-refractivity contribution < 1.29 is 20.4 Å². The normalized spacial score (nSPS) is 9.00. The molecule has 1 nitrogen and oxygen atoms in total. The molecule has 0 fully saturated rings. The first-order valence-electron chi connectivity index (χ1n) is 3.91. The average molecular weight is 235 g/mol. The molecular weight excluding hydrogens is 217 g/mol. The predicted octanol–water partition coefficient (Wildman–Crippen LogP) is 2.12. The summed E-state index contributed by atoms with van der Waals surface area (Å²) in [6.45, 7) is 4.63. The summed E-state index contributed by atoms with van der Waals surface area (Å²) < 4.78 is 0. The molecule has 0 aromatic carbocycles. The van der Waals surface area contributed by atoms with Gasteiger partial charge in [0, 0.05) is 20.4 Å². The van der Waals surface area contributed by atoms with E-state index in [4.69, 9.17) is 5.73 Å². The Hall–Kier alpha value is 0.622. The summed E-state index contributed by atoms with van der Waals surface area (Å²) in [6.07, 6.45) is 7.54. The zero-order chi connectivity index (χ0) is 6.95. The van der Waals surface area contributed by atoms with Gasteiger partial charge in [0.2, 0.25) is 0 Å². The molecule has 0 heterocycles. The molecule has 0 aliphatic heterocycles. The van der Waals surface area contributed by atoms with Gasteiger partial charge in [-0.05, 0) is 13.0 Å². The summed E-state index contributed by atoms with van der Waals surface area (Å²) in [5, 5.41) is 0. The number of rotatable bonds is 6. The maximum absolute atomic E-state index is 5.33. The van der Waals surface area contributed by atoms with E-state index in [1.807, 2.05) is 0 Å². The first-order valence-corrected chi connectivity index (χ1v) is 3.91. The third-order valence-electron chi connectivity index (χ3n) is 1.45. The van der Waals surface area contributed by atoms with Crippen LogP contribution in [-0.2, 0) is 20.4 Å². The summed E-state index contributed by atoms with van der Waals surface area (Å²) in [5.74, 6) is 0. The third kappa shape index (κ3) is 11.4. The fraction of sp³-hybridized carbons (Fsp3) is 0.875. The fourth-order valence-corrected chi connectivity index (χ4v) is 0.851. The topological polar surface area (TPSA) is 26.0 Å². The van der Waals surface area contributed by atoms with Crippen molar-refractivity contribution >= 4 is 0 Å². The van der Waals surface area contributed by atoms with Gasteiger partial charge in [-0.2, -0.15) is 6.42 Å². The van der Waals surface area contributed by atoms with Gasteiger partial charge >= 0.3 is 0 Å². The van der Waals surface area contributed by atoms with Crippen LogP contribution in [0.25, 0.3) is 0 Å². The Bertz CT molecular complexity index is 42.5. The Kier molecular flexibility index (Phi) is 16.3. The molecule has 0 radical (unpaired) electrons. The van der Waals surface area contributed by atoms with Crippen LogP contribution in [0.15, 0.2) is 0 Å². The van der Waals surface area contributed by atoms with E-state index in [1.54, 1.807) is 0 Å². The Labute approximate surface area is 78.4 Å². The minimum absolute atomic E-state index is 0.